The minimum absolute atomic E-state index is 0.0621. The van der Waals surface area contributed by atoms with Gasteiger partial charge in [-0.1, -0.05) is 68.4 Å². The number of alkyl halides is 3. The zero-order valence-corrected chi connectivity index (χ0v) is 23.0. The summed E-state index contributed by atoms with van der Waals surface area (Å²) in [4.78, 5) is 13.1. The Kier molecular flexibility index (Phi) is 7.94. The quantitative estimate of drug-likeness (QED) is 0.241. The molecule has 0 fully saturated rings. The van der Waals surface area contributed by atoms with E-state index in [1.165, 1.54) is 4.57 Å². The van der Waals surface area contributed by atoms with Gasteiger partial charge in [0.2, 0.25) is 0 Å². The third-order valence-electron chi connectivity index (χ3n) is 6.93. The van der Waals surface area contributed by atoms with Crippen molar-refractivity contribution in [2.45, 2.75) is 38.9 Å². The summed E-state index contributed by atoms with van der Waals surface area (Å²) in [7, 11) is 1.55. The Balaban J connectivity index is 1.30. The lowest BCUT2D eigenvalue weighted by atomic mass is 9.88. The molecule has 1 aliphatic heterocycles. The first-order valence-corrected chi connectivity index (χ1v) is 13.3. The zero-order chi connectivity index (χ0) is 29.0. The molecule has 0 amide bonds. The minimum atomic E-state index is -4.49. The van der Waals surface area contributed by atoms with Gasteiger partial charge in [-0.15, -0.1) is 0 Å². The maximum Gasteiger partial charge on any atom is 0.434 e. The van der Waals surface area contributed by atoms with E-state index in [9.17, 15) is 13.2 Å². The van der Waals surface area contributed by atoms with Gasteiger partial charge in [-0.3, -0.25) is 0 Å². The van der Waals surface area contributed by atoms with Gasteiger partial charge in [0.15, 0.2) is 17.2 Å². The number of nitrogens with one attached hydrogen (secondary N) is 2. The predicted octanol–water partition coefficient (Wildman–Crippen LogP) is 6.58. The lowest BCUT2D eigenvalue weighted by molar-refractivity contribution is -0.140. The van der Waals surface area contributed by atoms with Gasteiger partial charge in [-0.2, -0.15) is 13.2 Å². The average Bonchev–Trinajstić information content (AvgIpc) is 3.38. The van der Waals surface area contributed by atoms with Gasteiger partial charge in [0.05, 0.1) is 6.61 Å². The Bertz CT molecular complexity index is 1540. The molecular weight excluding hydrogens is 529 g/mol. The van der Waals surface area contributed by atoms with Gasteiger partial charge in [0.25, 0.3) is 0 Å². The molecule has 0 spiro atoms. The van der Waals surface area contributed by atoms with E-state index in [2.05, 4.69) is 34.4 Å². The number of allylic oxidation sites excluding steroid dienone is 2. The van der Waals surface area contributed by atoms with Gasteiger partial charge in [0.1, 0.15) is 11.6 Å². The molecule has 41 heavy (non-hydrogen) atoms. The molecule has 5 rings (SSSR count). The SMILES string of the molecule is CC(C)C1(OCc2ccccc2)NC=CC=C1c1nccc(NCc2ccc(-c3nc(C(F)(F)F)cn3C)cc2)n1. The number of imidazole rings is 1. The molecule has 2 aromatic carbocycles. The van der Waals surface area contributed by atoms with Crippen molar-refractivity contribution in [3.8, 4) is 11.4 Å². The molecule has 0 radical (unpaired) electrons. The van der Waals surface area contributed by atoms with Crippen LogP contribution in [0.5, 0.6) is 0 Å². The molecule has 1 unspecified atom stereocenters. The van der Waals surface area contributed by atoms with Crippen molar-refractivity contribution < 1.29 is 17.9 Å². The molecule has 0 bridgehead atoms. The Labute approximate surface area is 236 Å². The Morgan fingerprint density at radius 3 is 2.44 bits per heavy atom. The van der Waals surface area contributed by atoms with E-state index in [-0.39, 0.29) is 11.7 Å². The van der Waals surface area contributed by atoms with Gasteiger partial charge in [-0.25, -0.2) is 15.0 Å². The Morgan fingerprint density at radius 2 is 1.76 bits per heavy atom. The van der Waals surface area contributed by atoms with Crippen molar-refractivity contribution in [3.05, 3.63) is 114 Å². The van der Waals surface area contributed by atoms with Crippen LogP contribution in [-0.2, 0) is 31.1 Å². The summed E-state index contributed by atoms with van der Waals surface area (Å²) in [5, 5.41) is 6.74. The van der Waals surface area contributed by atoms with E-state index < -0.39 is 17.6 Å². The molecule has 0 saturated heterocycles. The zero-order valence-electron chi connectivity index (χ0n) is 23.0. The van der Waals surface area contributed by atoms with Crippen LogP contribution in [0.1, 0.15) is 36.5 Å². The van der Waals surface area contributed by atoms with Crippen LogP contribution in [0.2, 0.25) is 0 Å². The highest BCUT2D eigenvalue weighted by Crippen LogP contribution is 2.36. The maximum absolute atomic E-state index is 13.0. The number of nitrogens with zero attached hydrogens (tertiary/aromatic N) is 4. The van der Waals surface area contributed by atoms with Crippen LogP contribution in [0.3, 0.4) is 0 Å². The van der Waals surface area contributed by atoms with E-state index in [0.29, 0.717) is 30.4 Å². The van der Waals surface area contributed by atoms with Crippen LogP contribution >= 0.6 is 0 Å². The van der Waals surface area contributed by atoms with Gasteiger partial charge < -0.3 is 19.9 Å². The lowest BCUT2D eigenvalue weighted by Gasteiger charge is -2.40. The lowest BCUT2D eigenvalue weighted by Crippen LogP contribution is -2.51. The number of rotatable bonds is 9. The molecule has 7 nitrogen and oxygen atoms in total. The van der Waals surface area contributed by atoms with Crippen LogP contribution < -0.4 is 10.6 Å². The van der Waals surface area contributed by atoms with Crippen molar-refractivity contribution in [2.75, 3.05) is 5.32 Å². The van der Waals surface area contributed by atoms with Crippen LogP contribution in [-0.4, -0.2) is 25.2 Å². The first-order chi connectivity index (χ1) is 19.7. The molecule has 3 heterocycles. The fourth-order valence-electron chi connectivity index (χ4n) is 4.72. The Hall–Kier alpha value is -4.44. The number of dihydropyridines is 1. The number of hydrogen-bond acceptors (Lipinski definition) is 6. The van der Waals surface area contributed by atoms with E-state index in [4.69, 9.17) is 9.72 Å². The van der Waals surface area contributed by atoms with Gasteiger partial charge >= 0.3 is 6.18 Å². The molecule has 212 valence electrons. The second-order valence-corrected chi connectivity index (χ2v) is 10.1. The molecule has 1 atom stereocenters. The first kappa shape index (κ1) is 28.1. The third-order valence-corrected chi connectivity index (χ3v) is 6.93. The van der Waals surface area contributed by atoms with Gasteiger partial charge in [0, 0.05) is 43.0 Å². The van der Waals surface area contributed by atoms with E-state index in [1.54, 1.807) is 31.4 Å². The minimum Gasteiger partial charge on any atom is -0.366 e. The summed E-state index contributed by atoms with van der Waals surface area (Å²) in [5.41, 5.74) is 1.69. The maximum atomic E-state index is 13.0. The van der Waals surface area contributed by atoms with Crippen LogP contribution in [0.4, 0.5) is 19.0 Å². The van der Waals surface area contributed by atoms with Crippen molar-refractivity contribution in [3.63, 3.8) is 0 Å². The molecular formula is C31H31F3N6O. The predicted molar refractivity (Wildman–Crippen MR) is 152 cm³/mol. The number of benzene rings is 2. The smallest absolute Gasteiger partial charge is 0.366 e. The number of halogens is 3. The highest BCUT2D eigenvalue weighted by atomic mass is 19.4. The summed E-state index contributed by atoms with van der Waals surface area (Å²) in [6.07, 6.45) is 3.96. The van der Waals surface area contributed by atoms with Crippen LogP contribution in [0.15, 0.2) is 91.4 Å². The molecule has 1 aliphatic rings. The summed E-state index contributed by atoms with van der Waals surface area (Å²) >= 11 is 0. The first-order valence-electron chi connectivity index (χ1n) is 13.3. The summed E-state index contributed by atoms with van der Waals surface area (Å²) in [5.74, 6) is 1.49. The number of aryl methyl sites for hydroxylation is 1. The molecule has 2 aromatic heterocycles. The highest BCUT2D eigenvalue weighted by molar-refractivity contribution is 5.71. The fourth-order valence-corrected chi connectivity index (χ4v) is 4.72. The Morgan fingerprint density at radius 1 is 1.00 bits per heavy atom. The fraction of sp³-hybridized carbons (Fsp3) is 0.258. The number of anilines is 1. The summed E-state index contributed by atoms with van der Waals surface area (Å²) in [6, 6.07) is 19.0. The molecule has 2 N–H and O–H groups in total. The summed E-state index contributed by atoms with van der Waals surface area (Å²) < 4.78 is 47.1. The van der Waals surface area contributed by atoms with Crippen LogP contribution in [0.25, 0.3) is 17.0 Å². The molecule has 0 saturated carbocycles. The molecule has 4 aromatic rings. The molecule has 10 heteroatoms. The second-order valence-electron chi connectivity index (χ2n) is 10.1. The number of aromatic nitrogens is 4. The monoisotopic (exact) mass is 560 g/mol. The number of hydrogen-bond donors (Lipinski definition) is 2. The molecule has 0 aliphatic carbocycles. The summed E-state index contributed by atoms with van der Waals surface area (Å²) in [6.45, 7) is 5.06. The van der Waals surface area contributed by atoms with Gasteiger partial charge in [-0.05, 0) is 35.5 Å². The standard InChI is InChI=1S/C31H31F3N6O/c1-21(2)30(41-20-23-8-5-4-6-9-23)25(10-7-16-37-30)28-35-17-15-27(39-28)36-18-22-11-13-24(14-12-22)29-38-26(19-40(29)3)31(32,33)34/h4-17,19,21,37H,18,20H2,1-3H3,(H,35,36,39). The van der Waals surface area contributed by atoms with E-state index in [1.807, 2.05) is 60.8 Å². The topological polar surface area (TPSA) is 76.9 Å². The average molecular weight is 561 g/mol. The number of ether oxygens (including phenoxy) is 1. The normalized spacial score (nSPS) is 16.9. The van der Waals surface area contributed by atoms with Crippen molar-refractivity contribution in [1.82, 2.24) is 24.8 Å². The van der Waals surface area contributed by atoms with E-state index in [0.717, 1.165) is 22.9 Å². The second kappa shape index (κ2) is 11.6. The largest absolute Gasteiger partial charge is 0.434 e. The van der Waals surface area contributed by atoms with Crippen molar-refractivity contribution in [1.29, 1.82) is 0 Å². The van der Waals surface area contributed by atoms with E-state index >= 15 is 0 Å². The van der Waals surface area contributed by atoms with Crippen molar-refractivity contribution >= 4 is 11.4 Å². The van der Waals surface area contributed by atoms with Crippen molar-refractivity contribution in [2.24, 2.45) is 13.0 Å². The highest BCUT2D eigenvalue weighted by Gasteiger charge is 2.41. The van der Waals surface area contributed by atoms with Crippen LogP contribution in [0, 0.1) is 5.92 Å². The third kappa shape index (κ3) is 6.17.